The van der Waals surface area contributed by atoms with E-state index in [1.54, 1.807) is 0 Å². The van der Waals surface area contributed by atoms with Crippen LogP contribution < -0.4 is 5.32 Å². The normalized spacial score (nSPS) is 16.8. The summed E-state index contributed by atoms with van der Waals surface area (Å²) in [6.45, 7) is 2.87. The second-order valence-electron chi connectivity index (χ2n) is 5.18. The summed E-state index contributed by atoms with van der Waals surface area (Å²) >= 11 is 6.13. The fourth-order valence-corrected chi connectivity index (χ4v) is 2.32. The van der Waals surface area contributed by atoms with Crippen LogP contribution in [0.2, 0.25) is 0 Å². The number of rotatable bonds is 10. The predicted molar refractivity (Wildman–Crippen MR) is 73.4 cm³/mol. The lowest BCUT2D eigenvalue weighted by Crippen LogP contribution is -2.30. The van der Waals surface area contributed by atoms with Crippen LogP contribution in [0.4, 0.5) is 0 Å². The van der Waals surface area contributed by atoms with Gasteiger partial charge in [0, 0.05) is 13.0 Å². The quantitative estimate of drug-likeness (QED) is 0.468. The van der Waals surface area contributed by atoms with Gasteiger partial charge >= 0.3 is 0 Å². The van der Waals surface area contributed by atoms with Gasteiger partial charge in [-0.25, -0.2) is 0 Å². The number of halogens is 1. The zero-order valence-corrected chi connectivity index (χ0v) is 11.8. The molecule has 1 aliphatic rings. The Labute approximate surface area is 110 Å². The SMILES string of the molecule is CCCCCCCCC(=O)NCC(Cl)C1CC1. The second-order valence-corrected chi connectivity index (χ2v) is 5.74. The highest BCUT2D eigenvalue weighted by Crippen LogP contribution is 2.35. The highest BCUT2D eigenvalue weighted by Gasteiger charge is 2.29. The minimum absolute atomic E-state index is 0.156. The molecule has 0 radical (unpaired) electrons. The molecule has 0 spiro atoms. The van der Waals surface area contributed by atoms with Crippen molar-refractivity contribution < 1.29 is 4.79 Å². The third-order valence-electron chi connectivity index (χ3n) is 3.39. The van der Waals surface area contributed by atoms with Crippen molar-refractivity contribution in [1.82, 2.24) is 5.32 Å². The molecular weight excluding hydrogens is 234 g/mol. The van der Waals surface area contributed by atoms with E-state index in [0.29, 0.717) is 18.9 Å². The molecule has 0 aliphatic heterocycles. The molecule has 0 bridgehead atoms. The molecule has 1 atom stereocenters. The summed E-state index contributed by atoms with van der Waals surface area (Å²) in [6, 6.07) is 0. The summed E-state index contributed by atoms with van der Waals surface area (Å²) in [5.74, 6) is 0.831. The summed E-state index contributed by atoms with van der Waals surface area (Å²) in [7, 11) is 0. The largest absolute Gasteiger partial charge is 0.355 e. The van der Waals surface area contributed by atoms with Crippen molar-refractivity contribution in [2.75, 3.05) is 6.54 Å². The molecular formula is C14H26ClNO. The average Bonchev–Trinajstić information content (AvgIpc) is 3.14. The van der Waals surface area contributed by atoms with Crippen molar-refractivity contribution in [2.24, 2.45) is 5.92 Å². The maximum atomic E-state index is 11.5. The molecule has 1 amide bonds. The summed E-state index contributed by atoms with van der Waals surface area (Å²) in [6.07, 6.45) is 10.5. The lowest BCUT2D eigenvalue weighted by atomic mass is 10.1. The Morgan fingerprint density at radius 1 is 1.24 bits per heavy atom. The van der Waals surface area contributed by atoms with E-state index in [-0.39, 0.29) is 11.3 Å². The van der Waals surface area contributed by atoms with E-state index in [1.807, 2.05) is 0 Å². The zero-order chi connectivity index (χ0) is 12.5. The third kappa shape index (κ3) is 7.64. The Bertz CT molecular complexity index is 216. The van der Waals surface area contributed by atoms with Gasteiger partial charge in [0.25, 0.3) is 0 Å². The number of carbonyl (C=O) groups is 1. The average molecular weight is 260 g/mol. The van der Waals surface area contributed by atoms with Gasteiger partial charge < -0.3 is 5.32 Å². The molecule has 3 heteroatoms. The molecule has 1 unspecified atom stereocenters. The molecule has 1 N–H and O–H groups in total. The van der Waals surface area contributed by atoms with Crippen molar-refractivity contribution in [3.63, 3.8) is 0 Å². The van der Waals surface area contributed by atoms with Crippen molar-refractivity contribution in [2.45, 2.75) is 70.1 Å². The molecule has 1 rings (SSSR count). The van der Waals surface area contributed by atoms with E-state index in [9.17, 15) is 4.79 Å². The van der Waals surface area contributed by atoms with Gasteiger partial charge in [-0.2, -0.15) is 0 Å². The highest BCUT2D eigenvalue weighted by atomic mass is 35.5. The zero-order valence-electron chi connectivity index (χ0n) is 11.0. The van der Waals surface area contributed by atoms with Crippen LogP contribution in [0.5, 0.6) is 0 Å². The highest BCUT2D eigenvalue weighted by molar-refractivity contribution is 6.21. The molecule has 2 nitrogen and oxygen atoms in total. The van der Waals surface area contributed by atoms with E-state index in [0.717, 1.165) is 6.42 Å². The van der Waals surface area contributed by atoms with Gasteiger partial charge in [0.05, 0.1) is 5.38 Å². The van der Waals surface area contributed by atoms with Crippen molar-refractivity contribution >= 4 is 17.5 Å². The molecule has 1 aliphatic carbocycles. The lowest BCUT2D eigenvalue weighted by Gasteiger charge is -2.09. The Morgan fingerprint density at radius 2 is 1.88 bits per heavy atom. The van der Waals surface area contributed by atoms with Crippen LogP contribution in [0.15, 0.2) is 0 Å². The monoisotopic (exact) mass is 259 g/mol. The molecule has 0 aromatic carbocycles. The number of hydrogen-bond acceptors (Lipinski definition) is 1. The molecule has 1 fully saturated rings. The molecule has 100 valence electrons. The fourth-order valence-electron chi connectivity index (χ4n) is 1.99. The van der Waals surface area contributed by atoms with Crippen LogP contribution in [0, 0.1) is 5.92 Å². The van der Waals surface area contributed by atoms with Gasteiger partial charge in [-0.15, -0.1) is 11.6 Å². The van der Waals surface area contributed by atoms with Gasteiger partial charge in [0.1, 0.15) is 0 Å². The Morgan fingerprint density at radius 3 is 2.53 bits per heavy atom. The summed E-state index contributed by atoms with van der Waals surface area (Å²) in [5, 5.41) is 3.09. The molecule has 1 saturated carbocycles. The predicted octanol–water partition coefficient (Wildman–Crippen LogP) is 3.87. The number of carbonyl (C=O) groups excluding carboxylic acids is 1. The second kappa shape index (κ2) is 8.79. The first-order chi connectivity index (χ1) is 8.24. The number of alkyl halides is 1. The summed E-state index contributed by atoms with van der Waals surface area (Å²) < 4.78 is 0. The van der Waals surface area contributed by atoms with Crippen LogP contribution >= 0.6 is 11.6 Å². The van der Waals surface area contributed by atoms with Crippen molar-refractivity contribution in [3.05, 3.63) is 0 Å². The van der Waals surface area contributed by atoms with E-state index >= 15 is 0 Å². The van der Waals surface area contributed by atoms with Gasteiger partial charge in [-0.1, -0.05) is 39.0 Å². The van der Waals surface area contributed by atoms with Crippen molar-refractivity contribution in [3.8, 4) is 0 Å². The summed E-state index contributed by atoms with van der Waals surface area (Å²) in [4.78, 5) is 11.5. The first-order valence-corrected chi connectivity index (χ1v) is 7.58. The topological polar surface area (TPSA) is 29.1 Å². The van der Waals surface area contributed by atoms with E-state index < -0.39 is 0 Å². The molecule has 0 heterocycles. The number of unbranched alkanes of at least 4 members (excludes halogenated alkanes) is 5. The molecule has 0 aromatic heterocycles. The van der Waals surface area contributed by atoms with Crippen LogP contribution in [-0.2, 0) is 4.79 Å². The van der Waals surface area contributed by atoms with Gasteiger partial charge in [0.15, 0.2) is 0 Å². The summed E-state index contributed by atoms with van der Waals surface area (Å²) in [5.41, 5.74) is 0. The van der Waals surface area contributed by atoms with E-state index in [2.05, 4.69) is 12.2 Å². The van der Waals surface area contributed by atoms with Gasteiger partial charge in [0.2, 0.25) is 5.91 Å². The molecule has 0 aromatic rings. The molecule has 17 heavy (non-hydrogen) atoms. The maximum Gasteiger partial charge on any atom is 0.220 e. The fraction of sp³-hybridized carbons (Fsp3) is 0.929. The minimum Gasteiger partial charge on any atom is -0.355 e. The van der Waals surface area contributed by atoms with Crippen molar-refractivity contribution in [1.29, 1.82) is 0 Å². The molecule has 0 saturated heterocycles. The smallest absolute Gasteiger partial charge is 0.220 e. The Balaban J connectivity index is 1.86. The Kier molecular flexibility index (Phi) is 7.67. The van der Waals surface area contributed by atoms with Crippen LogP contribution in [0.1, 0.15) is 64.7 Å². The first-order valence-electron chi connectivity index (χ1n) is 7.14. The standard InChI is InChI=1S/C14H26ClNO/c1-2-3-4-5-6-7-8-14(17)16-11-13(15)12-9-10-12/h12-13H,2-11H2,1H3,(H,16,17). The first kappa shape index (κ1) is 14.8. The number of amides is 1. The van der Waals surface area contributed by atoms with E-state index in [1.165, 1.54) is 44.9 Å². The van der Waals surface area contributed by atoms with Crippen LogP contribution in [-0.4, -0.2) is 17.8 Å². The minimum atomic E-state index is 0.156. The maximum absolute atomic E-state index is 11.5. The van der Waals surface area contributed by atoms with Gasteiger partial charge in [-0.3, -0.25) is 4.79 Å². The van der Waals surface area contributed by atoms with Crippen LogP contribution in [0.3, 0.4) is 0 Å². The van der Waals surface area contributed by atoms with Crippen LogP contribution in [0.25, 0.3) is 0 Å². The van der Waals surface area contributed by atoms with Gasteiger partial charge in [-0.05, 0) is 25.2 Å². The third-order valence-corrected chi connectivity index (χ3v) is 3.90. The Hall–Kier alpha value is -0.240. The lowest BCUT2D eigenvalue weighted by molar-refractivity contribution is -0.121. The number of nitrogens with one attached hydrogen (secondary N) is 1. The van der Waals surface area contributed by atoms with E-state index in [4.69, 9.17) is 11.6 Å². The number of hydrogen-bond donors (Lipinski definition) is 1.